The zero-order valence-electron chi connectivity index (χ0n) is 23.7. The number of para-hydroxylation sites is 1. The van der Waals surface area contributed by atoms with Gasteiger partial charge in [0.2, 0.25) is 0 Å². The van der Waals surface area contributed by atoms with Crippen LogP contribution in [0.15, 0.2) is 67.0 Å². The maximum absolute atomic E-state index is 13.5. The number of nitrogens with one attached hydrogen (secondary N) is 2. The van der Waals surface area contributed by atoms with Gasteiger partial charge < -0.3 is 14.8 Å². The van der Waals surface area contributed by atoms with Crippen molar-refractivity contribution in [3.05, 3.63) is 83.7 Å². The molecule has 0 unspecified atom stereocenters. The Morgan fingerprint density at radius 1 is 1.05 bits per heavy atom. The SMILES string of the molecule is COCCN1C[C@@H](NC(=O)Nc2c(C)c(-c3cnn(C)c3)nn2-c2ccccc2)[C@H](c2ccc(C(=O)OC)cc2)C1. The maximum atomic E-state index is 13.5. The van der Waals surface area contributed by atoms with Gasteiger partial charge in [-0.25, -0.2) is 14.3 Å². The lowest BCUT2D eigenvalue weighted by Gasteiger charge is -2.21. The van der Waals surface area contributed by atoms with E-state index in [0.29, 0.717) is 24.5 Å². The second-order valence-corrected chi connectivity index (χ2v) is 10.1. The summed E-state index contributed by atoms with van der Waals surface area (Å²) in [5, 5.41) is 15.4. The highest BCUT2D eigenvalue weighted by molar-refractivity contribution is 5.91. The molecular weight excluding hydrogens is 522 g/mol. The van der Waals surface area contributed by atoms with Crippen molar-refractivity contribution >= 4 is 17.8 Å². The van der Waals surface area contributed by atoms with E-state index in [2.05, 4.69) is 20.6 Å². The Labute approximate surface area is 239 Å². The Morgan fingerprint density at radius 2 is 1.80 bits per heavy atom. The number of hydrogen-bond acceptors (Lipinski definition) is 7. The van der Waals surface area contributed by atoms with E-state index in [0.717, 1.165) is 41.2 Å². The fourth-order valence-electron chi connectivity index (χ4n) is 5.29. The van der Waals surface area contributed by atoms with Crippen LogP contribution in [0.2, 0.25) is 0 Å². The molecule has 0 aliphatic carbocycles. The third-order valence-corrected chi connectivity index (χ3v) is 7.42. The summed E-state index contributed by atoms with van der Waals surface area (Å²) in [6, 6.07) is 16.6. The van der Waals surface area contributed by atoms with Crippen LogP contribution in [0.1, 0.15) is 27.4 Å². The Morgan fingerprint density at radius 3 is 2.46 bits per heavy atom. The van der Waals surface area contributed by atoms with Gasteiger partial charge in [-0.05, 0) is 36.8 Å². The summed E-state index contributed by atoms with van der Waals surface area (Å²) in [6.07, 6.45) is 3.66. The van der Waals surface area contributed by atoms with E-state index in [1.54, 1.807) is 34.8 Å². The lowest BCUT2D eigenvalue weighted by molar-refractivity contribution is 0.0600. The number of carbonyl (C=O) groups excluding carboxylic acids is 2. The molecule has 1 saturated heterocycles. The summed E-state index contributed by atoms with van der Waals surface area (Å²) in [6.45, 7) is 4.70. The molecule has 5 rings (SSSR count). The summed E-state index contributed by atoms with van der Waals surface area (Å²) in [7, 11) is 4.90. The van der Waals surface area contributed by atoms with Crippen molar-refractivity contribution in [2.24, 2.45) is 7.05 Å². The number of amides is 2. The molecule has 2 atom stereocenters. The molecule has 1 aliphatic heterocycles. The predicted octanol–water partition coefficient (Wildman–Crippen LogP) is 3.60. The van der Waals surface area contributed by atoms with Crippen LogP contribution < -0.4 is 10.6 Å². The van der Waals surface area contributed by atoms with Gasteiger partial charge in [0, 0.05) is 57.0 Å². The van der Waals surface area contributed by atoms with Gasteiger partial charge in [0.1, 0.15) is 11.5 Å². The minimum absolute atomic E-state index is 0.0235. The van der Waals surface area contributed by atoms with Crippen molar-refractivity contribution in [1.82, 2.24) is 29.8 Å². The van der Waals surface area contributed by atoms with Crippen molar-refractivity contribution in [2.75, 3.05) is 45.8 Å². The summed E-state index contributed by atoms with van der Waals surface area (Å²) >= 11 is 0. The quantitative estimate of drug-likeness (QED) is 0.302. The third-order valence-electron chi connectivity index (χ3n) is 7.42. The topological polar surface area (TPSA) is 116 Å². The van der Waals surface area contributed by atoms with E-state index in [9.17, 15) is 9.59 Å². The van der Waals surface area contributed by atoms with Gasteiger partial charge >= 0.3 is 12.0 Å². The van der Waals surface area contributed by atoms with Crippen LogP contribution in [-0.2, 0) is 16.5 Å². The van der Waals surface area contributed by atoms with Gasteiger partial charge in [-0.2, -0.15) is 10.2 Å². The number of nitrogens with zero attached hydrogens (tertiary/aromatic N) is 5. The predicted molar refractivity (Wildman–Crippen MR) is 155 cm³/mol. The highest BCUT2D eigenvalue weighted by Gasteiger charge is 2.35. The van der Waals surface area contributed by atoms with Crippen molar-refractivity contribution in [1.29, 1.82) is 0 Å². The first kappa shape index (κ1) is 28.1. The summed E-state index contributed by atoms with van der Waals surface area (Å²) in [4.78, 5) is 27.8. The van der Waals surface area contributed by atoms with Crippen molar-refractivity contribution < 1.29 is 19.1 Å². The van der Waals surface area contributed by atoms with Gasteiger partial charge in [0.15, 0.2) is 0 Å². The standard InChI is InChI=1S/C30H35N7O4/c1-20-27(23-16-31-35(2)17-23)34-37(24-8-6-5-7-9-24)28(20)33-30(39)32-26-19-36(14-15-40-3)18-25(26)21-10-12-22(13-11-21)29(38)41-4/h5-13,16-17,25-26H,14-15,18-19H2,1-4H3,(H2,32,33,39)/t25-,26+/m0/s1. The van der Waals surface area contributed by atoms with Gasteiger partial charge in [-0.15, -0.1) is 0 Å². The fraction of sp³-hybridized carbons (Fsp3) is 0.333. The van der Waals surface area contributed by atoms with Gasteiger partial charge in [0.05, 0.1) is 37.2 Å². The second kappa shape index (κ2) is 12.4. The molecule has 0 saturated carbocycles. The Balaban J connectivity index is 1.40. The molecule has 1 fully saturated rings. The van der Waals surface area contributed by atoms with Crippen molar-refractivity contribution in [2.45, 2.75) is 18.9 Å². The molecule has 0 spiro atoms. The third kappa shape index (κ3) is 6.16. The second-order valence-electron chi connectivity index (χ2n) is 10.1. The number of esters is 1. The number of rotatable bonds is 9. The molecule has 11 nitrogen and oxygen atoms in total. The lowest BCUT2D eigenvalue weighted by atomic mass is 9.93. The van der Waals surface area contributed by atoms with Crippen molar-refractivity contribution in [3.63, 3.8) is 0 Å². The van der Waals surface area contributed by atoms with Gasteiger partial charge in [0.25, 0.3) is 0 Å². The number of anilines is 1. The molecule has 1 aliphatic rings. The molecule has 41 heavy (non-hydrogen) atoms. The van der Waals surface area contributed by atoms with Crippen LogP contribution in [0.25, 0.3) is 16.9 Å². The zero-order valence-corrected chi connectivity index (χ0v) is 23.7. The largest absolute Gasteiger partial charge is 0.465 e. The van der Waals surface area contributed by atoms with Crippen LogP contribution in [0.3, 0.4) is 0 Å². The number of aromatic nitrogens is 4. The highest BCUT2D eigenvalue weighted by atomic mass is 16.5. The number of hydrogen-bond donors (Lipinski definition) is 2. The molecule has 2 amide bonds. The Kier molecular flexibility index (Phi) is 8.46. The minimum Gasteiger partial charge on any atom is -0.465 e. The van der Waals surface area contributed by atoms with E-state index in [-0.39, 0.29) is 24.0 Å². The molecular formula is C30H35N7O4. The molecule has 214 valence electrons. The first-order chi connectivity index (χ1) is 19.9. The summed E-state index contributed by atoms with van der Waals surface area (Å²) in [5.41, 5.74) is 4.79. The van der Waals surface area contributed by atoms with E-state index in [1.165, 1.54) is 7.11 Å². The van der Waals surface area contributed by atoms with E-state index < -0.39 is 0 Å². The molecule has 3 heterocycles. The van der Waals surface area contributed by atoms with Crippen LogP contribution in [0.4, 0.5) is 10.6 Å². The van der Waals surface area contributed by atoms with E-state index >= 15 is 0 Å². The normalized spacial score (nSPS) is 17.0. The molecule has 0 radical (unpaired) electrons. The molecule has 11 heteroatoms. The number of urea groups is 1. The van der Waals surface area contributed by atoms with Crippen LogP contribution >= 0.6 is 0 Å². The molecule has 0 bridgehead atoms. The number of methoxy groups -OCH3 is 2. The van der Waals surface area contributed by atoms with Crippen molar-refractivity contribution in [3.8, 4) is 16.9 Å². The van der Waals surface area contributed by atoms with Crippen LogP contribution in [0, 0.1) is 6.92 Å². The first-order valence-electron chi connectivity index (χ1n) is 13.5. The lowest BCUT2D eigenvalue weighted by Crippen LogP contribution is -2.42. The van der Waals surface area contributed by atoms with E-state index in [4.69, 9.17) is 14.6 Å². The molecule has 2 N–H and O–H groups in total. The monoisotopic (exact) mass is 557 g/mol. The molecule has 4 aromatic rings. The van der Waals surface area contributed by atoms with Gasteiger partial charge in [-0.3, -0.25) is 14.9 Å². The van der Waals surface area contributed by atoms with Crippen LogP contribution in [-0.4, -0.2) is 83.0 Å². The Hall–Kier alpha value is -4.48. The summed E-state index contributed by atoms with van der Waals surface area (Å²) < 4.78 is 13.6. The molecule has 2 aromatic carbocycles. The number of carbonyl (C=O) groups is 2. The average Bonchev–Trinajstić information content (AvgIpc) is 3.69. The fourth-order valence-corrected chi connectivity index (χ4v) is 5.29. The number of aryl methyl sites for hydroxylation is 1. The number of likely N-dealkylation sites (tertiary alicyclic amines) is 1. The average molecular weight is 558 g/mol. The zero-order chi connectivity index (χ0) is 28.9. The highest BCUT2D eigenvalue weighted by Crippen LogP contribution is 2.31. The first-order valence-corrected chi connectivity index (χ1v) is 13.5. The van der Waals surface area contributed by atoms with Gasteiger partial charge in [-0.1, -0.05) is 30.3 Å². The number of benzene rings is 2. The Bertz CT molecular complexity index is 1500. The minimum atomic E-state index is -0.380. The summed E-state index contributed by atoms with van der Waals surface area (Å²) in [5.74, 6) is 0.228. The van der Waals surface area contributed by atoms with E-state index in [1.807, 2.05) is 62.6 Å². The maximum Gasteiger partial charge on any atom is 0.337 e. The smallest absolute Gasteiger partial charge is 0.337 e. The molecule has 2 aromatic heterocycles. The van der Waals surface area contributed by atoms with Crippen LogP contribution in [0.5, 0.6) is 0 Å². The number of ether oxygens (including phenoxy) is 2.